The van der Waals surface area contributed by atoms with E-state index in [0.717, 1.165) is 6.92 Å². The van der Waals surface area contributed by atoms with E-state index in [9.17, 15) is 18.0 Å². The molecule has 14 heavy (non-hydrogen) atoms. The number of benzene rings is 1. The maximum Gasteiger partial charge on any atom is 0.340 e. The highest BCUT2D eigenvalue weighted by Gasteiger charge is 2.25. The Hall–Kier alpha value is -1.23. The molecule has 0 aliphatic carbocycles. The van der Waals surface area contributed by atoms with Crippen LogP contribution in [-0.2, 0) is 0 Å². The van der Waals surface area contributed by atoms with Gasteiger partial charge in [0.15, 0.2) is 11.6 Å². The van der Waals surface area contributed by atoms with E-state index in [1.807, 2.05) is 0 Å². The van der Waals surface area contributed by atoms with Crippen molar-refractivity contribution in [2.75, 3.05) is 0 Å². The molecule has 0 aliphatic rings. The summed E-state index contributed by atoms with van der Waals surface area (Å²) < 4.78 is 38.7. The zero-order chi connectivity index (χ0) is 11.0. The number of carboxylic acid groups (broad SMARTS) is 1. The number of carboxylic acids is 1. The first-order valence-electron chi connectivity index (χ1n) is 3.43. The summed E-state index contributed by atoms with van der Waals surface area (Å²) in [5.41, 5.74) is -1.76. The fourth-order valence-electron chi connectivity index (χ4n) is 0.939. The van der Waals surface area contributed by atoms with Gasteiger partial charge >= 0.3 is 5.97 Å². The smallest absolute Gasteiger partial charge is 0.340 e. The lowest BCUT2D eigenvalue weighted by Crippen LogP contribution is -2.08. The van der Waals surface area contributed by atoms with Gasteiger partial charge in [-0.05, 0) is 6.92 Å². The van der Waals surface area contributed by atoms with Gasteiger partial charge in [-0.1, -0.05) is 11.6 Å². The van der Waals surface area contributed by atoms with Crippen molar-refractivity contribution in [2.24, 2.45) is 0 Å². The van der Waals surface area contributed by atoms with Crippen LogP contribution in [0.4, 0.5) is 13.2 Å². The molecule has 0 saturated carbocycles. The summed E-state index contributed by atoms with van der Waals surface area (Å²) in [6, 6.07) is 0. The van der Waals surface area contributed by atoms with Crippen LogP contribution in [0.1, 0.15) is 15.9 Å². The first-order valence-corrected chi connectivity index (χ1v) is 3.81. The van der Waals surface area contributed by atoms with Crippen molar-refractivity contribution in [3.8, 4) is 0 Å². The Balaban J connectivity index is 3.68. The van der Waals surface area contributed by atoms with E-state index in [1.165, 1.54) is 0 Å². The molecule has 0 unspecified atom stereocenters. The van der Waals surface area contributed by atoms with Crippen molar-refractivity contribution in [1.29, 1.82) is 0 Å². The number of carbonyl (C=O) groups is 1. The van der Waals surface area contributed by atoms with Crippen LogP contribution in [0.15, 0.2) is 0 Å². The summed E-state index contributed by atoms with van der Waals surface area (Å²) in [4.78, 5) is 10.4. The van der Waals surface area contributed by atoms with E-state index < -0.39 is 39.6 Å². The standard InChI is InChI=1S/C8H4ClF3O2/c1-2-5(10)3(8(13)14)4(9)7(12)6(2)11/h1H3,(H,13,14). The van der Waals surface area contributed by atoms with Gasteiger partial charge in [-0.15, -0.1) is 0 Å². The summed E-state index contributed by atoms with van der Waals surface area (Å²) in [5, 5.41) is 7.42. The lowest BCUT2D eigenvalue weighted by molar-refractivity contribution is 0.0691. The van der Waals surface area contributed by atoms with Gasteiger partial charge in [-0.3, -0.25) is 0 Å². The molecule has 76 valence electrons. The summed E-state index contributed by atoms with van der Waals surface area (Å²) >= 11 is 5.13. The summed E-state index contributed by atoms with van der Waals surface area (Å²) in [7, 11) is 0. The highest BCUT2D eigenvalue weighted by Crippen LogP contribution is 2.28. The predicted molar refractivity (Wildman–Crippen MR) is 43.0 cm³/mol. The molecule has 0 atom stereocenters. The molecule has 0 radical (unpaired) electrons. The summed E-state index contributed by atoms with van der Waals surface area (Å²) in [5.74, 6) is -6.13. The molecule has 0 heterocycles. The molecule has 2 nitrogen and oxygen atoms in total. The summed E-state index contributed by atoms with van der Waals surface area (Å²) in [6.07, 6.45) is 0. The first-order chi connectivity index (χ1) is 6.37. The quantitative estimate of drug-likeness (QED) is 0.588. The average molecular weight is 225 g/mol. The second-order valence-electron chi connectivity index (χ2n) is 2.56. The van der Waals surface area contributed by atoms with Crippen LogP contribution < -0.4 is 0 Å². The van der Waals surface area contributed by atoms with Crippen LogP contribution in [0, 0.1) is 24.4 Å². The predicted octanol–water partition coefficient (Wildman–Crippen LogP) is 2.76. The van der Waals surface area contributed by atoms with Crippen LogP contribution in [0.25, 0.3) is 0 Å². The molecule has 0 aliphatic heterocycles. The van der Waals surface area contributed by atoms with Gasteiger partial charge in [0.25, 0.3) is 0 Å². The monoisotopic (exact) mass is 224 g/mol. The van der Waals surface area contributed by atoms with Gasteiger partial charge in [0.1, 0.15) is 11.4 Å². The Morgan fingerprint density at radius 2 is 1.71 bits per heavy atom. The third-order valence-electron chi connectivity index (χ3n) is 1.70. The molecule has 0 bridgehead atoms. The Labute approximate surface area is 81.9 Å². The molecule has 0 amide bonds. The molecular formula is C8H4ClF3O2. The molecule has 0 saturated heterocycles. The maximum absolute atomic E-state index is 13.1. The minimum atomic E-state index is -1.74. The molecule has 1 rings (SSSR count). The normalized spacial score (nSPS) is 10.4. The van der Waals surface area contributed by atoms with E-state index in [-0.39, 0.29) is 0 Å². The highest BCUT2D eigenvalue weighted by atomic mass is 35.5. The second kappa shape index (κ2) is 3.49. The van der Waals surface area contributed by atoms with Crippen LogP contribution >= 0.6 is 11.6 Å². The number of halogens is 4. The van der Waals surface area contributed by atoms with Crippen LogP contribution in [-0.4, -0.2) is 11.1 Å². The zero-order valence-corrected chi connectivity index (χ0v) is 7.62. The molecule has 1 aromatic carbocycles. The molecule has 1 N–H and O–H groups in total. The largest absolute Gasteiger partial charge is 0.478 e. The van der Waals surface area contributed by atoms with E-state index in [4.69, 9.17) is 16.7 Å². The Morgan fingerprint density at radius 1 is 1.21 bits per heavy atom. The summed E-state index contributed by atoms with van der Waals surface area (Å²) in [6.45, 7) is 0.927. The number of hydrogen-bond acceptors (Lipinski definition) is 1. The topological polar surface area (TPSA) is 37.3 Å². The first kappa shape index (κ1) is 10.8. The molecule has 0 aromatic heterocycles. The van der Waals surface area contributed by atoms with E-state index in [2.05, 4.69) is 0 Å². The van der Waals surface area contributed by atoms with E-state index in [1.54, 1.807) is 0 Å². The third-order valence-corrected chi connectivity index (χ3v) is 2.05. The number of rotatable bonds is 1. The lowest BCUT2D eigenvalue weighted by Gasteiger charge is -2.06. The van der Waals surface area contributed by atoms with Crippen LogP contribution in [0.5, 0.6) is 0 Å². The fourth-order valence-corrected chi connectivity index (χ4v) is 1.19. The van der Waals surface area contributed by atoms with E-state index >= 15 is 0 Å². The minimum absolute atomic E-state index is 0.704. The van der Waals surface area contributed by atoms with Crippen molar-refractivity contribution >= 4 is 17.6 Å². The van der Waals surface area contributed by atoms with Gasteiger partial charge in [0, 0.05) is 5.56 Å². The molecule has 6 heteroatoms. The Kier molecular flexibility index (Phi) is 2.71. The molecular weight excluding hydrogens is 221 g/mol. The lowest BCUT2D eigenvalue weighted by atomic mass is 10.1. The van der Waals surface area contributed by atoms with Crippen LogP contribution in [0.3, 0.4) is 0 Å². The van der Waals surface area contributed by atoms with Gasteiger partial charge in [0.2, 0.25) is 0 Å². The Bertz CT molecular complexity index is 389. The SMILES string of the molecule is Cc1c(F)c(F)c(Cl)c(C(=O)O)c1F. The van der Waals surface area contributed by atoms with Gasteiger partial charge in [0.05, 0.1) is 5.02 Å². The van der Waals surface area contributed by atoms with Gasteiger partial charge in [-0.2, -0.15) is 0 Å². The van der Waals surface area contributed by atoms with Gasteiger partial charge in [-0.25, -0.2) is 18.0 Å². The van der Waals surface area contributed by atoms with Crippen molar-refractivity contribution in [3.63, 3.8) is 0 Å². The van der Waals surface area contributed by atoms with Crippen LogP contribution in [0.2, 0.25) is 5.02 Å². The molecule has 0 spiro atoms. The van der Waals surface area contributed by atoms with Crippen molar-refractivity contribution in [2.45, 2.75) is 6.92 Å². The fraction of sp³-hybridized carbons (Fsp3) is 0.125. The van der Waals surface area contributed by atoms with Crippen molar-refractivity contribution < 1.29 is 23.1 Å². The zero-order valence-electron chi connectivity index (χ0n) is 6.87. The minimum Gasteiger partial charge on any atom is -0.478 e. The number of aromatic carboxylic acids is 1. The number of hydrogen-bond donors (Lipinski definition) is 1. The molecule has 1 aromatic rings. The third kappa shape index (κ3) is 1.43. The maximum atomic E-state index is 13.1. The average Bonchev–Trinajstić information content (AvgIpc) is 2.11. The second-order valence-corrected chi connectivity index (χ2v) is 2.94. The van der Waals surface area contributed by atoms with Gasteiger partial charge < -0.3 is 5.11 Å². The van der Waals surface area contributed by atoms with Crippen molar-refractivity contribution in [1.82, 2.24) is 0 Å². The molecule has 0 fully saturated rings. The highest BCUT2D eigenvalue weighted by molar-refractivity contribution is 6.33. The van der Waals surface area contributed by atoms with Crippen molar-refractivity contribution in [3.05, 3.63) is 33.6 Å². The van der Waals surface area contributed by atoms with E-state index in [0.29, 0.717) is 0 Å². The Morgan fingerprint density at radius 3 is 2.14 bits per heavy atom.